The second-order valence-corrected chi connectivity index (χ2v) is 8.82. The van der Waals surface area contributed by atoms with Crippen molar-refractivity contribution in [3.63, 3.8) is 0 Å². The van der Waals surface area contributed by atoms with E-state index in [9.17, 15) is 34.2 Å². The SMILES string of the molecule is CSCCC(NC(=O)C(CCCCN)NC(=O)C(CC(=O)O)NC(=O)C1CCCN1)C(=O)O. The highest BCUT2D eigenvalue weighted by molar-refractivity contribution is 7.98. The van der Waals surface area contributed by atoms with Gasteiger partial charge in [0.25, 0.3) is 0 Å². The van der Waals surface area contributed by atoms with Crippen molar-refractivity contribution in [1.29, 1.82) is 0 Å². The maximum absolute atomic E-state index is 12.8. The summed E-state index contributed by atoms with van der Waals surface area (Å²) in [6.07, 6.45) is 3.97. The summed E-state index contributed by atoms with van der Waals surface area (Å²) in [6, 6.07) is -4.11. The third-order valence-electron chi connectivity index (χ3n) is 5.19. The number of nitrogens with two attached hydrogens (primary N) is 1. The third-order valence-corrected chi connectivity index (χ3v) is 5.84. The summed E-state index contributed by atoms with van der Waals surface area (Å²) in [5.74, 6) is -3.96. The average Bonchev–Trinajstić information content (AvgIpc) is 3.30. The van der Waals surface area contributed by atoms with Gasteiger partial charge in [-0.3, -0.25) is 19.2 Å². The molecule has 4 unspecified atom stereocenters. The topological polar surface area (TPSA) is 200 Å². The Morgan fingerprint density at radius 3 is 2.21 bits per heavy atom. The van der Waals surface area contributed by atoms with Crippen molar-refractivity contribution >= 4 is 41.4 Å². The molecule has 12 nitrogen and oxygen atoms in total. The van der Waals surface area contributed by atoms with Gasteiger partial charge in [-0.1, -0.05) is 0 Å². The molecular weight excluding hydrogens is 454 g/mol. The minimum Gasteiger partial charge on any atom is -0.481 e. The minimum atomic E-state index is -1.38. The quantitative estimate of drug-likeness (QED) is 0.127. The number of hydrogen-bond donors (Lipinski definition) is 7. The van der Waals surface area contributed by atoms with Crippen LogP contribution in [-0.4, -0.2) is 89.1 Å². The number of thioether (sulfide) groups is 1. The predicted molar refractivity (Wildman–Crippen MR) is 123 cm³/mol. The number of amides is 3. The number of nitrogens with one attached hydrogen (secondary N) is 4. The van der Waals surface area contributed by atoms with E-state index in [1.54, 1.807) is 0 Å². The van der Waals surface area contributed by atoms with Gasteiger partial charge < -0.3 is 37.2 Å². The molecule has 188 valence electrons. The predicted octanol–water partition coefficient (Wildman–Crippen LogP) is -1.37. The van der Waals surface area contributed by atoms with E-state index in [0.717, 1.165) is 6.42 Å². The Morgan fingerprint density at radius 2 is 1.67 bits per heavy atom. The van der Waals surface area contributed by atoms with Gasteiger partial charge in [-0.15, -0.1) is 0 Å². The summed E-state index contributed by atoms with van der Waals surface area (Å²) in [7, 11) is 0. The maximum Gasteiger partial charge on any atom is 0.326 e. The third kappa shape index (κ3) is 10.9. The smallest absolute Gasteiger partial charge is 0.326 e. The molecule has 1 saturated heterocycles. The fourth-order valence-electron chi connectivity index (χ4n) is 3.36. The summed E-state index contributed by atoms with van der Waals surface area (Å²) < 4.78 is 0. The van der Waals surface area contributed by atoms with E-state index in [1.807, 2.05) is 6.26 Å². The zero-order valence-electron chi connectivity index (χ0n) is 18.8. The van der Waals surface area contributed by atoms with Gasteiger partial charge in [0.2, 0.25) is 17.7 Å². The first-order valence-electron chi connectivity index (χ1n) is 11.0. The fraction of sp³-hybridized carbons (Fsp3) is 0.750. The van der Waals surface area contributed by atoms with E-state index in [2.05, 4.69) is 21.3 Å². The zero-order valence-corrected chi connectivity index (χ0v) is 19.6. The lowest BCUT2D eigenvalue weighted by Crippen LogP contribution is -2.57. The van der Waals surface area contributed by atoms with Crippen LogP contribution in [0.1, 0.15) is 44.9 Å². The molecule has 1 fully saturated rings. The molecule has 0 bridgehead atoms. The van der Waals surface area contributed by atoms with E-state index in [-0.39, 0.29) is 12.8 Å². The Kier molecular flexibility index (Phi) is 13.4. The van der Waals surface area contributed by atoms with Gasteiger partial charge in [-0.2, -0.15) is 11.8 Å². The minimum absolute atomic E-state index is 0.182. The molecule has 13 heteroatoms. The van der Waals surface area contributed by atoms with E-state index in [0.29, 0.717) is 38.1 Å². The summed E-state index contributed by atoms with van der Waals surface area (Å²) in [4.78, 5) is 60.7. The molecule has 1 heterocycles. The van der Waals surface area contributed by atoms with E-state index < -0.39 is 60.2 Å². The van der Waals surface area contributed by atoms with E-state index >= 15 is 0 Å². The number of carboxylic acid groups (broad SMARTS) is 2. The van der Waals surface area contributed by atoms with Crippen LogP contribution in [0.5, 0.6) is 0 Å². The Balaban J connectivity index is 2.90. The Morgan fingerprint density at radius 1 is 1.00 bits per heavy atom. The van der Waals surface area contributed by atoms with Crippen molar-refractivity contribution in [1.82, 2.24) is 21.3 Å². The molecule has 8 N–H and O–H groups in total. The highest BCUT2D eigenvalue weighted by atomic mass is 32.2. The molecule has 33 heavy (non-hydrogen) atoms. The molecule has 1 aliphatic heterocycles. The van der Waals surface area contributed by atoms with Crippen LogP contribution in [0.4, 0.5) is 0 Å². The van der Waals surface area contributed by atoms with Crippen LogP contribution in [0.3, 0.4) is 0 Å². The fourth-order valence-corrected chi connectivity index (χ4v) is 3.84. The van der Waals surface area contributed by atoms with Crippen molar-refractivity contribution in [2.45, 2.75) is 69.1 Å². The molecule has 0 radical (unpaired) electrons. The van der Waals surface area contributed by atoms with Crippen LogP contribution < -0.4 is 27.0 Å². The van der Waals surface area contributed by atoms with Gasteiger partial charge in [-0.05, 0) is 63.6 Å². The summed E-state index contributed by atoms with van der Waals surface area (Å²) in [5, 5.41) is 28.9. The van der Waals surface area contributed by atoms with Crippen LogP contribution >= 0.6 is 11.8 Å². The lowest BCUT2D eigenvalue weighted by atomic mass is 10.1. The highest BCUT2D eigenvalue weighted by Gasteiger charge is 2.32. The van der Waals surface area contributed by atoms with E-state index in [1.165, 1.54) is 11.8 Å². The molecular formula is C20H35N5O7S. The summed E-state index contributed by atoms with van der Waals surface area (Å²) in [5.41, 5.74) is 5.50. The number of carboxylic acids is 2. The van der Waals surface area contributed by atoms with Gasteiger partial charge in [0, 0.05) is 0 Å². The molecule has 4 atom stereocenters. The van der Waals surface area contributed by atoms with Crippen molar-refractivity contribution < 1.29 is 34.2 Å². The zero-order chi connectivity index (χ0) is 24.8. The summed E-state index contributed by atoms with van der Waals surface area (Å²) in [6.45, 7) is 1.03. The van der Waals surface area contributed by atoms with E-state index in [4.69, 9.17) is 5.73 Å². The Hall–Kier alpha value is -2.38. The van der Waals surface area contributed by atoms with Crippen LogP contribution in [0.25, 0.3) is 0 Å². The number of rotatable bonds is 16. The molecule has 0 aromatic rings. The maximum atomic E-state index is 12.8. The molecule has 0 aliphatic carbocycles. The van der Waals surface area contributed by atoms with Gasteiger partial charge >= 0.3 is 11.9 Å². The van der Waals surface area contributed by atoms with Crippen LogP contribution in [0.15, 0.2) is 0 Å². The molecule has 1 aliphatic rings. The number of unbranched alkanes of at least 4 members (excludes halogenated alkanes) is 1. The van der Waals surface area contributed by atoms with Crippen LogP contribution in [-0.2, 0) is 24.0 Å². The average molecular weight is 490 g/mol. The second-order valence-electron chi connectivity index (χ2n) is 7.83. The van der Waals surface area contributed by atoms with Gasteiger partial charge in [0.15, 0.2) is 0 Å². The van der Waals surface area contributed by atoms with Crippen molar-refractivity contribution in [3.05, 3.63) is 0 Å². The second kappa shape index (κ2) is 15.5. The van der Waals surface area contributed by atoms with Crippen LogP contribution in [0.2, 0.25) is 0 Å². The van der Waals surface area contributed by atoms with Gasteiger partial charge in [-0.25, -0.2) is 4.79 Å². The first-order chi connectivity index (χ1) is 15.7. The number of carbonyl (C=O) groups is 5. The van der Waals surface area contributed by atoms with Crippen LogP contribution in [0, 0.1) is 0 Å². The van der Waals surface area contributed by atoms with Gasteiger partial charge in [0.05, 0.1) is 12.5 Å². The normalized spacial score (nSPS) is 18.1. The first kappa shape index (κ1) is 28.7. The first-order valence-corrected chi connectivity index (χ1v) is 12.4. The molecule has 3 amide bonds. The molecule has 0 aromatic heterocycles. The monoisotopic (exact) mass is 489 g/mol. The molecule has 0 saturated carbocycles. The summed E-state index contributed by atoms with van der Waals surface area (Å²) >= 11 is 1.44. The van der Waals surface area contributed by atoms with Crippen molar-refractivity contribution in [2.24, 2.45) is 5.73 Å². The Bertz CT molecular complexity index is 688. The Labute approximate surface area is 197 Å². The molecule has 0 spiro atoms. The lowest BCUT2D eigenvalue weighted by molar-refractivity contribution is -0.143. The largest absolute Gasteiger partial charge is 0.481 e. The lowest BCUT2D eigenvalue weighted by Gasteiger charge is -2.24. The molecule has 1 rings (SSSR count). The number of aliphatic carboxylic acids is 2. The molecule has 0 aromatic carbocycles. The van der Waals surface area contributed by atoms with Gasteiger partial charge in [0.1, 0.15) is 18.1 Å². The number of hydrogen-bond acceptors (Lipinski definition) is 8. The number of carbonyl (C=O) groups excluding carboxylic acids is 3. The highest BCUT2D eigenvalue weighted by Crippen LogP contribution is 2.08. The van der Waals surface area contributed by atoms with Crippen molar-refractivity contribution in [2.75, 3.05) is 25.1 Å². The standard InChI is InChI=1S/C20H35N5O7S/c1-33-10-7-14(20(31)32)24-18(29)13(5-2-3-8-21)23-19(30)15(11-16(26)27)25-17(28)12-6-4-9-22-12/h12-15,22H,2-11,21H2,1H3,(H,23,30)(H,24,29)(H,25,28)(H,26,27)(H,31,32). The van der Waals surface area contributed by atoms with Crippen molar-refractivity contribution in [3.8, 4) is 0 Å².